The second kappa shape index (κ2) is 8.31. The van der Waals surface area contributed by atoms with E-state index in [1.165, 1.54) is 39.3 Å². The smallest absolute Gasteiger partial charge is 0.0634 e. The highest BCUT2D eigenvalue weighted by Gasteiger charge is 2.22. The maximum absolute atomic E-state index is 2.46. The number of nitrogens with zero attached hydrogens (tertiary/aromatic N) is 2. The topological polar surface area (TPSA) is 8.17 Å². The van der Waals surface area contributed by atoms with Crippen LogP contribution in [0.3, 0.4) is 0 Å². The summed E-state index contributed by atoms with van der Waals surface area (Å²) in [5.41, 5.74) is 9.18. The quantitative estimate of drug-likeness (QED) is 0.353. The van der Waals surface area contributed by atoms with Gasteiger partial charge in [-0.2, -0.15) is 0 Å². The third-order valence-corrected chi connectivity index (χ3v) is 6.44. The number of benzene rings is 3. The molecule has 1 aromatic heterocycles. The Kier molecular flexibility index (Phi) is 5.21. The number of hydrogen-bond donors (Lipinski definition) is 0. The van der Waals surface area contributed by atoms with E-state index in [1.807, 2.05) is 0 Å². The van der Waals surface area contributed by atoms with Gasteiger partial charge in [0.05, 0.1) is 6.54 Å². The van der Waals surface area contributed by atoms with E-state index in [2.05, 4.69) is 127 Å². The van der Waals surface area contributed by atoms with E-state index in [0.717, 1.165) is 13.1 Å². The molecule has 0 aliphatic carbocycles. The first-order valence-corrected chi connectivity index (χ1v) is 11.1. The zero-order valence-corrected chi connectivity index (χ0v) is 18.2. The lowest BCUT2D eigenvalue weighted by molar-refractivity contribution is 0.764. The summed E-state index contributed by atoms with van der Waals surface area (Å²) in [4.78, 5) is 2.46. The Balaban J connectivity index is 1.50. The second-order valence-electron chi connectivity index (χ2n) is 8.27. The molecule has 3 aromatic carbocycles. The number of fused-ring (bicyclic) bond motifs is 2. The van der Waals surface area contributed by atoms with Gasteiger partial charge < -0.3 is 9.47 Å². The molecule has 31 heavy (non-hydrogen) atoms. The van der Waals surface area contributed by atoms with Gasteiger partial charge in [0.2, 0.25) is 0 Å². The fraction of sp³-hybridized carbons (Fsp3) is 0.172. The minimum Gasteiger partial charge on any atom is -0.345 e. The van der Waals surface area contributed by atoms with E-state index in [9.17, 15) is 0 Å². The highest BCUT2D eigenvalue weighted by Crippen LogP contribution is 2.35. The summed E-state index contributed by atoms with van der Waals surface area (Å²) in [5.74, 6) is 0.381. The fourth-order valence-electron chi connectivity index (χ4n) is 4.66. The van der Waals surface area contributed by atoms with E-state index >= 15 is 0 Å². The van der Waals surface area contributed by atoms with Crippen molar-refractivity contribution in [2.45, 2.75) is 32.9 Å². The van der Waals surface area contributed by atoms with E-state index in [-0.39, 0.29) is 0 Å². The van der Waals surface area contributed by atoms with Crippen LogP contribution in [-0.4, -0.2) is 4.57 Å². The van der Waals surface area contributed by atoms with Crippen molar-refractivity contribution in [2.24, 2.45) is 0 Å². The third kappa shape index (κ3) is 3.70. The van der Waals surface area contributed by atoms with Crippen LogP contribution in [0.2, 0.25) is 0 Å². The SMILES string of the molecule is C/C=C(\c1ccc(C(C)c2ccccc2)cc1)N1Cc2cccn2Cc2ccccc21. The van der Waals surface area contributed by atoms with Crippen molar-refractivity contribution in [1.29, 1.82) is 0 Å². The molecular formula is C29H28N2. The maximum atomic E-state index is 2.46. The van der Waals surface area contributed by atoms with Crippen LogP contribution >= 0.6 is 0 Å². The van der Waals surface area contributed by atoms with Crippen LogP contribution in [0.15, 0.2) is 103 Å². The fourth-order valence-corrected chi connectivity index (χ4v) is 4.66. The molecule has 2 heteroatoms. The van der Waals surface area contributed by atoms with Crippen molar-refractivity contribution in [3.05, 3.63) is 131 Å². The molecule has 0 radical (unpaired) electrons. The van der Waals surface area contributed by atoms with Crippen molar-refractivity contribution < 1.29 is 0 Å². The number of allylic oxidation sites excluding steroid dienone is 1. The third-order valence-electron chi connectivity index (χ3n) is 6.44. The van der Waals surface area contributed by atoms with Gasteiger partial charge in [0.1, 0.15) is 0 Å². The van der Waals surface area contributed by atoms with Crippen molar-refractivity contribution in [2.75, 3.05) is 4.90 Å². The van der Waals surface area contributed by atoms with Gasteiger partial charge in [-0.1, -0.05) is 85.8 Å². The lowest BCUT2D eigenvalue weighted by Gasteiger charge is -2.28. The molecule has 0 spiro atoms. The van der Waals surface area contributed by atoms with Gasteiger partial charge in [-0.05, 0) is 47.4 Å². The molecule has 1 aliphatic heterocycles. The van der Waals surface area contributed by atoms with E-state index in [1.54, 1.807) is 0 Å². The predicted molar refractivity (Wildman–Crippen MR) is 130 cm³/mol. The average molecular weight is 405 g/mol. The van der Waals surface area contributed by atoms with Crippen molar-refractivity contribution >= 4 is 11.4 Å². The lowest BCUT2D eigenvalue weighted by atomic mass is 9.92. The van der Waals surface area contributed by atoms with Crippen molar-refractivity contribution in [1.82, 2.24) is 4.57 Å². The molecule has 1 unspecified atom stereocenters. The minimum absolute atomic E-state index is 0.381. The molecule has 2 heterocycles. The molecule has 0 fully saturated rings. The van der Waals surface area contributed by atoms with Gasteiger partial charge in [0.25, 0.3) is 0 Å². The molecule has 0 N–H and O–H groups in total. The number of rotatable bonds is 4. The normalized spacial score (nSPS) is 14.5. The first-order chi connectivity index (χ1) is 15.2. The van der Waals surface area contributed by atoms with Gasteiger partial charge in [-0.15, -0.1) is 0 Å². The van der Waals surface area contributed by atoms with Crippen LogP contribution in [0.5, 0.6) is 0 Å². The zero-order chi connectivity index (χ0) is 21.2. The van der Waals surface area contributed by atoms with Crippen molar-refractivity contribution in [3.8, 4) is 0 Å². The largest absolute Gasteiger partial charge is 0.345 e. The van der Waals surface area contributed by atoms with E-state index in [4.69, 9.17) is 0 Å². The number of hydrogen-bond acceptors (Lipinski definition) is 1. The molecule has 0 saturated carbocycles. The van der Waals surface area contributed by atoms with Crippen LogP contribution in [0.25, 0.3) is 5.70 Å². The Morgan fingerprint density at radius 1 is 0.774 bits per heavy atom. The molecule has 0 bridgehead atoms. The minimum atomic E-state index is 0.381. The molecule has 0 amide bonds. The standard InChI is InChI=1S/C29H28N2/c1-3-28(25-17-15-24(16-18-25)22(2)23-10-5-4-6-11-23)31-21-27-13-9-19-30(27)20-26-12-7-8-14-29(26)31/h3-19,22H,20-21H2,1-2H3/b28-3+. The van der Waals surface area contributed by atoms with E-state index < -0.39 is 0 Å². The van der Waals surface area contributed by atoms with Crippen LogP contribution < -0.4 is 4.90 Å². The average Bonchev–Trinajstić information content (AvgIpc) is 3.20. The summed E-state index contributed by atoms with van der Waals surface area (Å²) in [6.45, 7) is 6.20. The Morgan fingerprint density at radius 2 is 1.48 bits per heavy atom. The summed E-state index contributed by atoms with van der Waals surface area (Å²) >= 11 is 0. The first-order valence-electron chi connectivity index (χ1n) is 11.1. The zero-order valence-electron chi connectivity index (χ0n) is 18.2. The second-order valence-corrected chi connectivity index (χ2v) is 8.27. The molecule has 2 nitrogen and oxygen atoms in total. The number of anilines is 1. The summed E-state index contributed by atoms with van der Waals surface area (Å²) in [6.07, 6.45) is 4.43. The van der Waals surface area contributed by atoms with Crippen molar-refractivity contribution in [3.63, 3.8) is 0 Å². The van der Waals surface area contributed by atoms with Gasteiger partial charge in [0.15, 0.2) is 0 Å². The molecule has 5 rings (SSSR count). The van der Waals surface area contributed by atoms with Gasteiger partial charge >= 0.3 is 0 Å². The molecule has 1 aliphatic rings. The lowest BCUT2D eigenvalue weighted by Crippen LogP contribution is -2.21. The van der Waals surface area contributed by atoms with Gasteiger partial charge in [-0.25, -0.2) is 0 Å². The van der Waals surface area contributed by atoms with E-state index in [0.29, 0.717) is 5.92 Å². The highest BCUT2D eigenvalue weighted by molar-refractivity contribution is 5.81. The molecule has 4 aromatic rings. The molecule has 0 saturated heterocycles. The van der Waals surface area contributed by atoms with Crippen LogP contribution in [0.4, 0.5) is 5.69 Å². The molecule has 154 valence electrons. The maximum Gasteiger partial charge on any atom is 0.0634 e. The monoisotopic (exact) mass is 404 g/mol. The highest BCUT2D eigenvalue weighted by atomic mass is 15.2. The Hall–Kier alpha value is -3.52. The van der Waals surface area contributed by atoms with Crippen LogP contribution in [-0.2, 0) is 13.1 Å². The number of para-hydroxylation sites is 1. The van der Waals surface area contributed by atoms with Crippen LogP contribution in [0.1, 0.15) is 47.7 Å². The Morgan fingerprint density at radius 3 is 2.26 bits per heavy atom. The Bertz CT molecular complexity index is 1200. The molecular weight excluding hydrogens is 376 g/mol. The summed E-state index contributed by atoms with van der Waals surface area (Å²) in [7, 11) is 0. The summed E-state index contributed by atoms with van der Waals surface area (Å²) in [6, 6.07) is 33.0. The Labute approximate surface area is 185 Å². The van der Waals surface area contributed by atoms with Gasteiger partial charge in [0, 0.05) is 35.7 Å². The van der Waals surface area contributed by atoms with Gasteiger partial charge in [-0.3, -0.25) is 0 Å². The summed E-state index contributed by atoms with van der Waals surface area (Å²) < 4.78 is 2.36. The molecule has 1 atom stereocenters. The number of aromatic nitrogens is 1. The first kappa shape index (κ1) is 19.4. The summed E-state index contributed by atoms with van der Waals surface area (Å²) in [5, 5.41) is 0. The van der Waals surface area contributed by atoms with Crippen LogP contribution in [0, 0.1) is 0 Å². The predicted octanol–water partition coefficient (Wildman–Crippen LogP) is 7.07.